The van der Waals surface area contributed by atoms with Crippen LogP contribution in [0.25, 0.3) is 0 Å². The minimum Gasteiger partial charge on any atom is -0.356 e. The van der Waals surface area contributed by atoms with E-state index < -0.39 is 0 Å². The zero-order valence-electron chi connectivity index (χ0n) is 18.4. The Bertz CT molecular complexity index is 760. The van der Waals surface area contributed by atoms with Gasteiger partial charge in [0, 0.05) is 37.6 Å². The van der Waals surface area contributed by atoms with Gasteiger partial charge in [-0.1, -0.05) is 19.4 Å². The van der Waals surface area contributed by atoms with Gasteiger partial charge < -0.3 is 15.2 Å². The predicted octanol–water partition coefficient (Wildman–Crippen LogP) is 3.35. The van der Waals surface area contributed by atoms with Gasteiger partial charge >= 0.3 is 0 Å². The van der Waals surface area contributed by atoms with Crippen molar-refractivity contribution in [2.45, 2.75) is 58.5 Å². The average Bonchev–Trinajstić information content (AvgIpc) is 3.37. The molecule has 1 aliphatic heterocycles. The van der Waals surface area contributed by atoms with Gasteiger partial charge in [-0.25, -0.2) is 4.99 Å². The van der Waals surface area contributed by atoms with E-state index in [0.717, 1.165) is 49.7 Å². The van der Waals surface area contributed by atoms with Crippen molar-refractivity contribution >= 4 is 41.3 Å². The number of halogens is 1. The van der Waals surface area contributed by atoms with Crippen LogP contribution < -0.4 is 10.6 Å². The van der Waals surface area contributed by atoms with Crippen LogP contribution in [0.2, 0.25) is 0 Å². The number of guanidine groups is 1. The second-order valence-electron chi connectivity index (χ2n) is 7.66. The Labute approximate surface area is 201 Å². The summed E-state index contributed by atoms with van der Waals surface area (Å²) in [6.07, 6.45) is 6.28. The van der Waals surface area contributed by atoms with E-state index in [4.69, 9.17) is 4.99 Å². The summed E-state index contributed by atoms with van der Waals surface area (Å²) in [5.41, 5.74) is 0. The smallest absolute Gasteiger partial charge is 0.191 e. The van der Waals surface area contributed by atoms with Gasteiger partial charge in [0.15, 0.2) is 11.8 Å². The molecule has 9 heteroatoms. The summed E-state index contributed by atoms with van der Waals surface area (Å²) >= 11 is 1.80. The summed E-state index contributed by atoms with van der Waals surface area (Å²) in [7, 11) is 1.98. The molecular formula is C21H36IN7S. The molecule has 30 heavy (non-hydrogen) atoms. The largest absolute Gasteiger partial charge is 0.356 e. The zero-order chi connectivity index (χ0) is 20.5. The maximum absolute atomic E-state index is 4.76. The molecule has 168 valence electrons. The summed E-state index contributed by atoms with van der Waals surface area (Å²) in [6, 6.07) is 5.02. The molecule has 2 aromatic heterocycles. The Hall–Kier alpha value is -1.20. The van der Waals surface area contributed by atoms with Crippen molar-refractivity contribution in [3.8, 4) is 0 Å². The minimum atomic E-state index is 0. The normalized spacial score (nSPS) is 17.6. The molecule has 0 aromatic carbocycles. The fourth-order valence-corrected chi connectivity index (χ4v) is 4.52. The van der Waals surface area contributed by atoms with Crippen LogP contribution in [0.5, 0.6) is 0 Å². The van der Waals surface area contributed by atoms with Crippen LogP contribution in [0.4, 0.5) is 0 Å². The number of aromatic nitrogens is 3. The van der Waals surface area contributed by atoms with E-state index in [-0.39, 0.29) is 24.0 Å². The van der Waals surface area contributed by atoms with Crippen molar-refractivity contribution in [3.63, 3.8) is 0 Å². The molecule has 1 aliphatic rings. The quantitative estimate of drug-likeness (QED) is 0.288. The molecule has 0 spiro atoms. The summed E-state index contributed by atoms with van der Waals surface area (Å²) in [4.78, 5) is 8.78. The molecule has 1 unspecified atom stereocenters. The molecule has 0 aliphatic carbocycles. The molecule has 3 rings (SSSR count). The molecule has 2 N–H and O–H groups in total. The van der Waals surface area contributed by atoms with Crippen LogP contribution in [0.3, 0.4) is 0 Å². The van der Waals surface area contributed by atoms with Crippen LogP contribution >= 0.6 is 35.3 Å². The summed E-state index contributed by atoms with van der Waals surface area (Å²) < 4.78 is 1.99. The van der Waals surface area contributed by atoms with E-state index in [9.17, 15) is 0 Å². The van der Waals surface area contributed by atoms with Crippen LogP contribution in [0, 0.1) is 6.92 Å². The highest BCUT2D eigenvalue weighted by molar-refractivity contribution is 14.0. The molecule has 0 amide bonds. The molecule has 7 nitrogen and oxygen atoms in total. The number of thiophene rings is 1. The SMILES string of the molecule is CCC1CCCCN1CCNC(=NCc1nnc(C)n1C)NCCc1cccs1.I. The van der Waals surface area contributed by atoms with Crippen LogP contribution in [0.1, 0.15) is 49.1 Å². The molecular weight excluding hydrogens is 509 g/mol. The molecule has 0 bridgehead atoms. The lowest BCUT2D eigenvalue weighted by molar-refractivity contribution is 0.147. The van der Waals surface area contributed by atoms with Crippen molar-refractivity contribution < 1.29 is 0 Å². The Balaban J connectivity index is 0.00000320. The van der Waals surface area contributed by atoms with Crippen molar-refractivity contribution in [1.29, 1.82) is 0 Å². The number of aryl methyl sites for hydroxylation is 1. The molecule has 0 saturated carbocycles. The molecule has 0 radical (unpaired) electrons. The topological polar surface area (TPSA) is 70.4 Å². The van der Waals surface area contributed by atoms with Gasteiger partial charge in [0.1, 0.15) is 12.4 Å². The van der Waals surface area contributed by atoms with Gasteiger partial charge in [-0.3, -0.25) is 4.90 Å². The van der Waals surface area contributed by atoms with Crippen molar-refractivity contribution in [2.24, 2.45) is 12.0 Å². The van der Waals surface area contributed by atoms with Crippen molar-refractivity contribution in [1.82, 2.24) is 30.3 Å². The first-order valence-electron chi connectivity index (χ1n) is 10.8. The number of likely N-dealkylation sites (tertiary alicyclic amines) is 1. The number of nitrogens with one attached hydrogen (secondary N) is 2. The maximum Gasteiger partial charge on any atom is 0.191 e. The summed E-state index contributed by atoms with van der Waals surface area (Å²) in [6.45, 7) is 8.83. The molecule has 1 fully saturated rings. The molecule has 2 aromatic rings. The third-order valence-corrected chi connectivity index (χ3v) is 6.65. The van der Waals surface area contributed by atoms with Gasteiger partial charge in [-0.2, -0.15) is 0 Å². The standard InChI is InChI=1S/C21H35N7S.HI/c1-4-18-8-5-6-13-28(18)14-12-23-21(22-11-10-19-9-7-15-29-19)24-16-20-26-25-17(2)27(20)3;/h7,9,15,18H,4-6,8,10-14,16H2,1-3H3,(H2,22,23,24);1H. The van der Waals surface area contributed by atoms with Gasteiger partial charge in [-0.15, -0.1) is 45.5 Å². The van der Waals surface area contributed by atoms with Crippen LogP contribution in [-0.2, 0) is 20.0 Å². The number of hydrogen-bond acceptors (Lipinski definition) is 5. The van der Waals surface area contributed by atoms with Gasteiger partial charge in [0.25, 0.3) is 0 Å². The minimum absolute atomic E-state index is 0. The Kier molecular flexibility index (Phi) is 11.1. The lowest BCUT2D eigenvalue weighted by Crippen LogP contribution is -2.46. The summed E-state index contributed by atoms with van der Waals surface area (Å²) in [5, 5.41) is 17.5. The third kappa shape index (κ3) is 7.49. The first-order chi connectivity index (χ1) is 14.2. The highest BCUT2D eigenvalue weighted by Crippen LogP contribution is 2.18. The van der Waals surface area contributed by atoms with Crippen LogP contribution in [-0.4, -0.2) is 57.8 Å². The average molecular weight is 546 g/mol. The Morgan fingerprint density at radius 3 is 2.80 bits per heavy atom. The molecule has 1 atom stereocenters. The summed E-state index contributed by atoms with van der Waals surface area (Å²) in [5.74, 6) is 2.64. The first kappa shape index (κ1) is 25.1. The fourth-order valence-electron chi connectivity index (χ4n) is 3.81. The van der Waals surface area contributed by atoms with E-state index in [1.54, 1.807) is 11.3 Å². The predicted molar refractivity (Wildman–Crippen MR) is 136 cm³/mol. The number of hydrogen-bond donors (Lipinski definition) is 2. The number of rotatable bonds is 9. The second-order valence-corrected chi connectivity index (χ2v) is 8.70. The first-order valence-corrected chi connectivity index (χ1v) is 11.7. The number of nitrogens with zero attached hydrogens (tertiary/aromatic N) is 5. The molecule has 1 saturated heterocycles. The van der Waals surface area contributed by atoms with E-state index in [0.29, 0.717) is 6.54 Å². The van der Waals surface area contributed by atoms with Crippen molar-refractivity contribution in [3.05, 3.63) is 34.0 Å². The maximum atomic E-state index is 4.76. The number of piperidine rings is 1. The van der Waals surface area contributed by atoms with Crippen molar-refractivity contribution in [2.75, 3.05) is 26.2 Å². The third-order valence-electron chi connectivity index (χ3n) is 5.72. The van der Waals surface area contributed by atoms with Gasteiger partial charge in [0.2, 0.25) is 0 Å². The lowest BCUT2D eigenvalue weighted by atomic mass is 10.0. The van der Waals surface area contributed by atoms with Gasteiger partial charge in [-0.05, 0) is 50.6 Å². The second kappa shape index (κ2) is 13.3. The Morgan fingerprint density at radius 2 is 2.10 bits per heavy atom. The van der Waals surface area contributed by atoms with Crippen LogP contribution in [0.15, 0.2) is 22.5 Å². The lowest BCUT2D eigenvalue weighted by Gasteiger charge is -2.35. The number of aliphatic imine (C=N–C) groups is 1. The van der Waals surface area contributed by atoms with E-state index >= 15 is 0 Å². The fraction of sp³-hybridized carbons (Fsp3) is 0.667. The van der Waals surface area contributed by atoms with E-state index in [1.807, 2.05) is 18.5 Å². The highest BCUT2D eigenvalue weighted by atomic mass is 127. The Morgan fingerprint density at radius 1 is 1.27 bits per heavy atom. The molecule has 3 heterocycles. The van der Waals surface area contributed by atoms with Gasteiger partial charge in [0.05, 0.1) is 0 Å². The van der Waals surface area contributed by atoms with E-state index in [2.05, 4.69) is 50.2 Å². The van der Waals surface area contributed by atoms with E-state index in [1.165, 1.54) is 37.1 Å². The zero-order valence-corrected chi connectivity index (χ0v) is 21.6. The highest BCUT2D eigenvalue weighted by Gasteiger charge is 2.20. The monoisotopic (exact) mass is 545 g/mol.